The minimum absolute atomic E-state index is 0.0993. The molecule has 0 saturated carbocycles. The number of thiophene rings is 1. The summed E-state index contributed by atoms with van der Waals surface area (Å²) in [6.45, 7) is 4.47. The zero-order chi connectivity index (χ0) is 21.1. The van der Waals surface area contributed by atoms with E-state index in [2.05, 4.69) is 15.2 Å². The normalized spacial score (nSPS) is 13.9. The predicted molar refractivity (Wildman–Crippen MR) is 121 cm³/mol. The highest BCUT2D eigenvalue weighted by Crippen LogP contribution is 2.30. The van der Waals surface area contributed by atoms with Gasteiger partial charge in [-0.3, -0.25) is 9.59 Å². The number of nitrogen functional groups attached to an aromatic ring is 1. The molecule has 3 N–H and O–H groups in total. The van der Waals surface area contributed by atoms with E-state index in [1.807, 2.05) is 40.6 Å². The molecule has 4 rings (SSSR count). The molecule has 1 fully saturated rings. The van der Waals surface area contributed by atoms with Crippen molar-refractivity contribution in [2.45, 2.75) is 6.92 Å². The van der Waals surface area contributed by atoms with Crippen LogP contribution in [0.1, 0.15) is 17.4 Å². The Bertz CT molecular complexity index is 1040. The van der Waals surface area contributed by atoms with Crippen molar-refractivity contribution in [3.8, 4) is 10.4 Å². The Labute approximate surface area is 179 Å². The Morgan fingerprint density at radius 2 is 1.90 bits per heavy atom. The molecule has 2 amide bonds. The lowest BCUT2D eigenvalue weighted by Gasteiger charge is -2.35. The monoisotopic (exact) mass is 421 g/mol. The third-order valence-corrected chi connectivity index (χ3v) is 6.10. The van der Waals surface area contributed by atoms with Crippen molar-refractivity contribution in [1.29, 1.82) is 0 Å². The summed E-state index contributed by atoms with van der Waals surface area (Å²) in [5.41, 5.74) is 9.39. The van der Waals surface area contributed by atoms with E-state index in [-0.39, 0.29) is 11.8 Å². The number of rotatable bonds is 4. The fourth-order valence-corrected chi connectivity index (χ4v) is 4.16. The number of amides is 2. The summed E-state index contributed by atoms with van der Waals surface area (Å²) in [6, 6.07) is 13.2. The van der Waals surface area contributed by atoms with E-state index in [0.29, 0.717) is 30.2 Å². The number of hydrogen-bond acceptors (Lipinski definition) is 6. The number of carbonyl (C=O) groups excluding carboxylic acids is 2. The number of benzene rings is 1. The minimum atomic E-state index is -0.307. The molecule has 30 heavy (non-hydrogen) atoms. The highest BCUT2D eigenvalue weighted by Gasteiger charge is 2.19. The molecule has 0 atom stereocenters. The van der Waals surface area contributed by atoms with Crippen molar-refractivity contribution in [2.75, 3.05) is 42.1 Å². The van der Waals surface area contributed by atoms with Crippen LogP contribution in [-0.2, 0) is 4.79 Å². The van der Waals surface area contributed by atoms with Crippen molar-refractivity contribution in [3.63, 3.8) is 0 Å². The second-order valence-corrected chi connectivity index (χ2v) is 8.08. The van der Waals surface area contributed by atoms with Gasteiger partial charge in [0.1, 0.15) is 5.69 Å². The second kappa shape index (κ2) is 8.54. The minimum Gasteiger partial charge on any atom is -0.397 e. The zero-order valence-electron chi connectivity index (χ0n) is 16.7. The topological polar surface area (TPSA) is 91.6 Å². The number of pyridine rings is 1. The van der Waals surface area contributed by atoms with Gasteiger partial charge in [0.15, 0.2) is 0 Å². The Morgan fingerprint density at radius 3 is 2.53 bits per heavy atom. The lowest BCUT2D eigenvalue weighted by Crippen LogP contribution is -2.48. The molecule has 1 aliphatic rings. The highest BCUT2D eigenvalue weighted by atomic mass is 32.1. The van der Waals surface area contributed by atoms with Crippen molar-refractivity contribution >= 4 is 40.2 Å². The van der Waals surface area contributed by atoms with Crippen LogP contribution in [0.5, 0.6) is 0 Å². The number of hydrogen-bond donors (Lipinski definition) is 2. The van der Waals surface area contributed by atoms with Crippen molar-refractivity contribution in [1.82, 2.24) is 9.88 Å². The van der Waals surface area contributed by atoms with Gasteiger partial charge in [-0.1, -0.05) is 12.1 Å². The number of piperazine rings is 1. The molecule has 1 aromatic carbocycles. The summed E-state index contributed by atoms with van der Waals surface area (Å²) in [5.74, 6) is -0.208. The largest absolute Gasteiger partial charge is 0.397 e. The van der Waals surface area contributed by atoms with Crippen molar-refractivity contribution in [3.05, 3.63) is 59.7 Å². The standard InChI is InChI=1S/C22H23N5O2S/c1-15(28)26-8-10-27(11-9-26)17-5-7-19(24-14-17)22(29)25-20-13-16(4-6-18(20)23)21-3-2-12-30-21/h2-7,12-14H,8-11,23H2,1H3,(H,25,29). The first-order chi connectivity index (χ1) is 14.5. The van der Waals surface area contributed by atoms with Crippen LogP contribution in [0, 0.1) is 0 Å². The van der Waals surface area contributed by atoms with Crippen molar-refractivity contribution in [2.24, 2.45) is 0 Å². The van der Waals surface area contributed by atoms with E-state index in [9.17, 15) is 9.59 Å². The lowest BCUT2D eigenvalue weighted by atomic mass is 10.1. The Balaban J connectivity index is 1.43. The first-order valence-electron chi connectivity index (χ1n) is 9.72. The maximum atomic E-state index is 12.7. The molecule has 3 heterocycles. The molecule has 2 aromatic heterocycles. The van der Waals surface area contributed by atoms with Gasteiger partial charge in [0.05, 0.1) is 23.3 Å². The van der Waals surface area contributed by atoms with E-state index < -0.39 is 0 Å². The third-order valence-electron chi connectivity index (χ3n) is 5.18. The van der Waals surface area contributed by atoms with Gasteiger partial charge in [0, 0.05) is 38.0 Å². The SMILES string of the molecule is CC(=O)N1CCN(c2ccc(C(=O)Nc3cc(-c4cccs4)ccc3N)nc2)CC1. The number of anilines is 3. The number of nitrogens with zero attached hydrogens (tertiary/aromatic N) is 3. The van der Waals surface area contributed by atoms with Crippen LogP contribution in [0.3, 0.4) is 0 Å². The van der Waals surface area contributed by atoms with Gasteiger partial charge in [-0.05, 0) is 41.3 Å². The maximum Gasteiger partial charge on any atom is 0.274 e. The van der Waals surface area contributed by atoms with Crippen LogP contribution in [0.15, 0.2) is 54.0 Å². The molecule has 1 saturated heterocycles. The molecule has 3 aromatic rings. The average molecular weight is 422 g/mol. The Morgan fingerprint density at radius 1 is 1.10 bits per heavy atom. The van der Waals surface area contributed by atoms with Crippen LogP contribution in [-0.4, -0.2) is 47.9 Å². The van der Waals surface area contributed by atoms with Crippen LogP contribution in [0.2, 0.25) is 0 Å². The number of carbonyl (C=O) groups is 2. The molecule has 0 spiro atoms. The summed E-state index contributed by atoms with van der Waals surface area (Å²) >= 11 is 1.63. The molecule has 0 unspecified atom stereocenters. The lowest BCUT2D eigenvalue weighted by molar-refractivity contribution is -0.129. The van der Waals surface area contributed by atoms with E-state index >= 15 is 0 Å². The van der Waals surface area contributed by atoms with E-state index in [4.69, 9.17) is 5.73 Å². The summed E-state index contributed by atoms with van der Waals surface area (Å²) in [5, 5.41) is 4.88. The number of aromatic nitrogens is 1. The smallest absolute Gasteiger partial charge is 0.274 e. The van der Waals surface area contributed by atoms with E-state index in [1.165, 1.54) is 0 Å². The van der Waals surface area contributed by atoms with Crippen LogP contribution >= 0.6 is 11.3 Å². The highest BCUT2D eigenvalue weighted by molar-refractivity contribution is 7.13. The summed E-state index contributed by atoms with van der Waals surface area (Å²) in [7, 11) is 0. The first kappa shape index (κ1) is 19.9. The fourth-order valence-electron chi connectivity index (χ4n) is 3.43. The molecule has 0 aliphatic carbocycles. The van der Waals surface area contributed by atoms with E-state index in [0.717, 1.165) is 29.2 Å². The molecule has 7 nitrogen and oxygen atoms in total. The molecular formula is C22H23N5O2S. The van der Waals surface area contributed by atoms with Gasteiger partial charge in [0.2, 0.25) is 5.91 Å². The van der Waals surface area contributed by atoms with Gasteiger partial charge in [0.25, 0.3) is 5.91 Å². The first-order valence-corrected chi connectivity index (χ1v) is 10.6. The van der Waals surface area contributed by atoms with Gasteiger partial charge in [-0.2, -0.15) is 0 Å². The van der Waals surface area contributed by atoms with Gasteiger partial charge in [-0.25, -0.2) is 4.98 Å². The molecule has 154 valence electrons. The number of nitrogens with two attached hydrogens (primary N) is 1. The number of nitrogens with one attached hydrogen (secondary N) is 1. The molecule has 1 aliphatic heterocycles. The zero-order valence-corrected chi connectivity index (χ0v) is 17.5. The van der Waals surface area contributed by atoms with Gasteiger partial charge in [-0.15, -0.1) is 11.3 Å². The molecule has 0 radical (unpaired) electrons. The maximum absolute atomic E-state index is 12.7. The van der Waals surface area contributed by atoms with Crippen LogP contribution < -0.4 is 16.0 Å². The Hall–Kier alpha value is -3.39. The predicted octanol–water partition coefficient (Wildman–Crippen LogP) is 3.31. The molecule has 0 bridgehead atoms. The Kier molecular flexibility index (Phi) is 5.67. The van der Waals surface area contributed by atoms with Gasteiger partial charge >= 0.3 is 0 Å². The van der Waals surface area contributed by atoms with Crippen LogP contribution in [0.25, 0.3) is 10.4 Å². The fraction of sp³-hybridized carbons (Fsp3) is 0.227. The van der Waals surface area contributed by atoms with E-state index in [1.54, 1.807) is 36.6 Å². The molecule has 8 heteroatoms. The average Bonchev–Trinajstić information content (AvgIpc) is 3.30. The van der Waals surface area contributed by atoms with Crippen molar-refractivity contribution < 1.29 is 9.59 Å². The summed E-state index contributed by atoms with van der Waals surface area (Å²) in [6.07, 6.45) is 1.70. The third kappa shape index (κ3) is 4.28. The van der Waals surface area contributed by atoms with Crippen LogP contribution in [0.4, 0.5) is 17.1 Å². The van der Waals surface area contributed by atoms with Gasteiger partial charge < -0.3 is 20.9 Å². The summed E-state index contributed by atoms with van der Waals surface area (Å²) < 4.78 is 0. The quantitative estimate of drug-likeness (QED) is 0.631. The molecular weight excluding hydrogens is 398 g/mol. The second-order valence-electron chi connectivity index (χ2n) is 7.13. The summed E-state index contributed by atoms with van der Waals surface area (Å²) in [4.78, 5) is 33.6.